The van der Waals surface area contributed by atoms with Crippen LogP contribution in [0.5, 0.6) is 0 Å². The molecule has 22 heavy (non-hydrogen) atoms. The molecule has 0 radical (unpaired) electrons. The van der Waals surface area contributed by atoms with Gasteiger partial charge in [-0.3, -0.25) is 4.79 Å². The van der Waals surface area contributed by atoms with Crippen molar-refractivity contribution in [2.75, 3.05) is 5.75 Å². The number of rotatable bonds is 7. The average Bonchev–Trinajstić information content (AvgIpc) is 2.39. The van der Waals surface area contributed by atoms with Gasteiger partial charge >= 0.3 is 0 Å². The summed E-state index contributed by atoms with van der Waals surface area (Å²) in [5, 5.41) is 2.41. The topological polar surface area (TPSA) is 63.2 Å². The average molecular weight is 346 g/mol. The fourth-order valence-corrected chi connectivity index (χ4v) is 3.73. The summed E-state index contributed by atoms with van der Waals surface area (Å²) in [6, 6.07) is 7.42. The van der Waals surface area contributed by atoms with Crippen LogP contribution in [0.1, 0.15) is 39.7 Å². The van der Waals surface area contributed by atoms with Crippen molar-refractivity contribution in [3.8, 4) is 0 Å². The van der Waals surface area contributed by atoms with E-state index in [-0.39, 0.29) is 5.75 Å². The van der Waals surface area contributed by atoms with Crippen LogP contribution in [0.15, 0.2) is 24.3 Å². The summed E-state index contributed by atoms with van der Waals surface area (Å²) >= 11 is 6.13. The van der Waals surface area contributed by atoms with Crippen LogP contribution in [0.25, 0.3) is 0 Å². The zero-order valence-electron chi connectivity index (χ0n) is 13.5. The molecule has 0 fully saturated rings. The van der Waals surface area contributed by atoms with Crippen molar-refractivity contribution in [1.82, 2.24) is 5.32 Å². The number of amides is 1. The zero-order valence-corrected chi connectivity index (χ0v) is 15.1. The maximum Gasteiger partial charge on any atom is 0.238 e. The second-order valence-electron chi connectivity index (χ2n) is 6.15. The van der Waals surface area contributed by atoms with Gasteiger partial charge in [-0.05, 0) is 45.2 Å². The van der Waals surface area contributed by atoms with E-state index in [4.69, 9.17) is 11.6 Å². The van der Waals surface area contributed by atoms with Gasteiger partial charge in [-0.25, -0.2) is 8.42 Å². The molecule has 6 heteroatoms. The maximum absolute atomic E-state index is 12.2. The van der Waals surface area contributed by atoms with E-state index in [1.54, 1.807) is 13.0 Å². The minimum Gasteiger partial charge on any atom is -0.350 e. The molecule has 1 N–H and O–H groups in total. The van der Waals surface area contributed by atoms with Gasteiger partial charge in [-0.15, -0.1) is 0 Å². The molecular weight excluding hydrogens is 322 g/mol. The second kappa shape index (κ2) is 7.47. The van der Waals surface area contributed by atoms with Crippen molar-refractivity contribution in [3.05, 3.63) is 34.9 Å². The molecule has 4 nitrogen and oxygen atoms in total. The highest BCUT2D eigenvalue weighted by atomic mass is 35.5. The second-order valence-corrected chi connectivity index (χ2v) is 9.00. The summed E-state index contributed by atoms with van der Waals surface area (Å²) in [5.41, 5.74) is 0.330. The number of carbonyl (C=O) groups is 1. The van der Waals surface area contributed by atoms with Crippen molar-refractivity contribution in [3.63, 3.8) is 0 Å². The minimum absolute atomic E-state index is 0.0204. The molecule has 0 aromatic heterocycles. The van der Waals surface area contributed by atoms with E-state index in [0.717, 1.165) is 5.56 Å². The Morgan fingerprint density at radius 3 is 2.45 bits per heavy atom. The zero-order chi connectivity index (χ0) is 17.0. The first-order chi connectivity index (χ1) is 10.1. The molecule has 0 aliphatic carbocycles. The van der Waals surface area contributed by atoms with E-state index < -0.39 is 26.5 Å². The molecule has 0 aliphatic rings. The molecule has 0 aliphatic heterocycles. The van der Waals surface area contributed by atoms with Crippen molar-refractivity contribution < 1.29 is 13.2 Å². The molecule has 0 bridgehead atoms. The lowest BCUT2D eigenvalue weighted by Crippen LogP contribution is -2.50. The predicted molar refractivity (Wildman–Crippen MR) is 90.9 cm³/mol. The SMILES string of the molecule is CCCS(=O)(=O)C(C)C(=O)NC(C)(C)Cc1ccccc1Cl. The van der Waals surface area contributed by atoms with E-state index in [9.17, 15) is 13.2 Å². The van der Waals surface area contributed by atoms with Crippen LogP contribution >= 0.6 is 11.6 Å². The minimum atomic E-state index is -3.40. The molecule has 0 spiro atoms. The Kier molecular flexibility index (Phi) is 6.44. The summed E-state index contributed by atoms with van der Waals surface area (Å²) in [6.07, 6.45) is 1.03. The third kappa shape index (κ3) is 5.29. The Bertz CT molecular complexity index is 626. The van der Waals surface area contributed by atoms with Gasteiger partial charge in [0.2, 0.25) is 5.91 Å². The third-order valence-electron chi connectivity index (χ3n) is 3.45. The normalized spacial score (nSPS) is 13.7. The van der Waals surface area contributed by atoms with E-state index in [2.05, 4.69) is 5.32 Å². The molecule has 1 rings (SSSR count). The molecule has 0 saturated heterocycles. The number of hydrogen-bond acceptors (Lipinski definition) is 3. The monoisotopic (exact) mass is 345 g/mol. The third-order valence-corrected chi connectivity index (χ3v) is 6.09. The molecular formula is C16H24ClNO3S. The van der Waals surface area contributed by atoms with Crippen LogP contribution in [0.4, 0.5) is 0 Å². The number of nitrogens with one attached hydrogen (secondary N) is 1. The van der Waals surface area contributed by atoms with Gasteiger partial charge in [-0.2, -0.15) is 0 Å². The molecule has 0 saturated carbocycles. The molecule has 1 aromatic rings. The molecule has 1 amide bonds. The first kappa shape index (κ1) is 19.0. The number of halogens is 1. The summed E-state index contributed by atoms with van der Waals surface area (Å²) in [6.45, 7) is 6.93. The lowest BCUT2D eigenvalue weighted by atomic mass is 9.94. The van der Waals surface area contributed by atoms with Gasteiger partial charge in [0.05, 0.1) is 5.75 Å². The lowest BCUT2D eigenvalue weighted by molar-refractivity contribution is -0.122. The summed E-state index contributed by atoms with van der Waals surface area (Å²) in [5.74, 6) is -0.447. The number of benzene rings is 1. The van der Waals surface area contributed by atoms with Crippen LogP contribution in [0.2, 0.25) is 5.02 Å². The van der Waals surface area contributed by atoms with Gasteiger partial charge < -0.3 is 5.32 Å². The predicted octanol–water partition coefficient (Wildman–Crippen LogP) is 2.99. The van der Waals surface area contributed by atoms with Crippen LogP contribution in [0.3, 0.4) is 0 Å². The number of sulfone groups is 1. The summed E-state index contributed by atoms with van der Waals surface area (Å²) < 4.78 is 24.0. The van der Waals surface area contributed by atoms with Crippen LogP contribution < -0.4 is 5.32 Å². The fraction of sp³-hybridized carbons (Fsp3) is 0.562. The molecule has 124 valence electrons. The summed E-state index contributed by atoms with van der Waals surface area (Å²) in [4.78, 5) is 12.2. The fourth-order valence-electron chi connectivity index (χ4n) is 2.22. The van der Waals surface area contributed by atoms with Gasteiger partial charge in [-0.1, -0.05) is 36.7 Å². The highest BCUT2D eigenvalue weighted by molar-refractivity contribution is 7.92. The van der Waals surface area contributed by atoms with Crippen molar-refractivity contribution >= 4 is 27.3 Å². The van der Waals surface area contributed by atoms with Crippen LogP contribution in [-0.2, 0) is 21.1 Å². The van der Waals surface area contributed by atoms with E-state index in [0.29, 0.717) is 17.9 Å². The lowest BCUT2D eigenvalue weighted by Gasteiger charge is -2.28. The number of carbonyl (C=O) groups excluding carboxylic acids is 1. The Morgan fingerprint density at radius 1 is 1.32 bits per heavy atom. The highest BCUT2D eigenvalue weighted by Crippen LogP contribution is 2.21. The van der Waals surface area contributed by atoms with Gasteiger partial charge in [0.1, 0.15) is 5.25 Å². The first-order valence-corrected chi connectivity index (χ1v) is 9.45. The standard InChI is InChI=1S/C16H24ClNO3S/c1-5-10-22(20,21)12(2)15(19)18-16(3,4)11-13-8-6-7-9-14(13)17/h6-9,12H,5,10-11H2,1-4H3,(H,18,19). The van der Waals surface area contributed by atoms with Gasteiger partial charge in [0, 0.05) is 10.6 Å². The van der Waals surface area contributed by atoms with Crippen molar-refractivity contribution in [2.24, 2.45) is 0 Å². The quantitative estimate of drug-likeness (QED) is 0.826. The maximum atomic E-state index is 12.2. The largest absolute Gasteiger partial charge is 0.350 e. The van der Waals surface area contributed by atoms with E-state index in [1.165, 1.54) is 6.92 Å². The molecule has 0 heterocycles. The van der Waals surface area contributed by atoms with Gasteiger partial charge in [0.25, 0.3) is 0 Å². The van der Waals surface area contributed by atoms with Crippen LogP contribution in [0, 0.1) is 0 Å². The van der Waals surface area contributed by atoms with E-state index in [1.807, 2.05) is 32.0 Å². The Labute approximate surface area is 138 Å². The molecule has 1 aromatic carbocycles. The summed E-state index contributed by atoms with van der Waals surface area (Å²) in [7, 11) is -3.40. The highest BCUT2D eigenvalue weighted by Gasteiger charge is 2.31. The number of hydrogen-bond donors (Lipinski definition) is 1. The van der Waals surface area contributed by atoms with Crippen molar-refractivity contribution in [1.29, 1.82) is 0 Å². The molecule has 1 atom stereocenters. The van der Waals surface area contributed by atoms with Gasteiger partial charge in [0.15, 0.2) is 9.84 Å². The van der Waals surface area contributed by atoms with Crippen molar-refractivity contribution in [2.45, 2.75) is 51.3 Å². The molecule has 1 unspecified atom stereocenters. The smallest absolute Gasteiger partial charge is 0.238 e. The van der Waals surface area contributed by atoms with E-state index >= 15 is 0 Å². The van der Waals surface area contributed by atoms with Crippen LogP contribution in [-0.4, -0.2) is 30.9 Å². The Hall–Kier alpha value is -1.07. The first-order valence-electron chi connectivity index (χ1n) is 7.36. The Morgan fingerprint density at radius 2 is 1.91 bits per heavy atom. The Balaban J connectivity index is 2.80.